The van der Waals surface area contributed by atoms with Crippen LogP contribution in [0.4, 0.5) is 0 Å². The third kappa shape index (κ3) is 13.4. The second-order valence-corrected chi connectivity index (χ2v) is 10.5. The van der Waals surface area contributed by atoms with E-state index in [0.29, 0.717) is 6.54 Å². The van der Waals surface area contributed by atoms with Crippen molar-refractivity contribution < 1.29 is 0 Å². The molecule has 0 aromatic heterocycles. The summed E-state index contributed by atoms with van der Waals surface area (Å²) in [5.41, 5.74) is 12.9. The molecular weight excluding hydrogens is 493 g/mol. The Labute approximate surface area is 242 Å². The summed E-state index contributed by atoms with van der Waals surface area (Å²) in [6, 6.07) is 19.7. The fourth-order valence-corrected chi connectivity index (χ4v) is 5.17. The normalized spacial score (nSPS) is 13.8. The quantitative estimate of drug-likeness (QED) is 0.183. The molecular formula is C35H54N3P. The zero-order chi connectivity index (χ0) is 28.9. The number of allylic oxidation sites excluding steroid dienone is 2. The average molecular weight is 548 g/mol. The number of benzene rings is 2. The van der Waals surface area contributed by atoms with Gasteiger partial charge in [-0.3, -0.25) is 0 Å². The maximum Gasteiger partial charge on any atom is 0.0221 e. The second-order valence-electron chi connectivity index (χ2n) is 10.1. The monoisotopic (exact) mass is 547 g/mol. The van der Waals surface area contributed by atoms with Crippen molar-refractivity contribution in [1.29, 1.82) is 0 Å². The van der Waals surface area contributed by atoms with Crippen LogP contribution in [0.1, 0.15) is 49.8 Å². The van der Waals surface area contributed by atoms with E-state index in [4.69, 9.17) is 5.73 Å². The van der Waals surface area contributed by atoms with Crippen LogP contribution < -0.4 is 5.73 Å². The van der Waals surface area contributed by atoms with Gasteiger partial charge in [0, 0.05) is 25.3 Å². The molecule has 3 nitrogen and oxygen atoms in total. The Morgan fingerprint density at radius 3 is 2.21 bits per heavy atom. The Bertz CT molecular complexity index is 965. The topological polar surface area (TPSA) is 32.5 Å². The summed E-state index contributed by atoms with van der Waals surface area (Å²) in [5, 5.41) is 0. The fraction of sp³-hybridized carbons (Fsp3) is 0.429. The summed E-state index contributed by atoms with van der Waals surface area (Å²) in [6.45, 7) is 23.0. The summed E-state index contributed by atoms with van der Waals surface area (Å²) >= 11 is 0. The highest BCUT2D eigenvalue weighted by molar-refractivity contribution is 7.16. The van der Waals surface area contributed by atoms with E-state index >= 15 is 0 Å². The van der Waals surface area contributed by atoms with Crippen LogP contribution >= 0.6 is 9.24 Å². The highest BCUT2D eigenvalue weighted by Gasteiger charge is 2.18. The van der Waals surface area contributed by atoms with Crippen molar-refractivity contribution in [2.45, 2.75) is 52.4 Å². The minimum absolute atomic E-state index is 0.577. The van der Waals surface area contributed by atoms with Crippen molar-refractivity contribution in [1.82, 2.24) is 9.80 Å². The van der Waals surface area contributed by atoms with Crippen LogP contribution in [0, 0.1) is 5.92 Å². The molecule has 214 valence electrons. The van der Waals surface area contributed by atoms with Gasteiger partial charge in [0.05, 0.1) is 0 Å². The molecule has 2 unspecified atom stereocenters. The molecule has 0 radical (unpaired) electrons. The van der Waals surface area contributed by atoms with Crippen LogP contribution in [0.25, 0.3) is 0 Å². The van der Waals surface area contributed by atoms with Crippen molar-refractivity contribution in [3.05, 3.63) is 121 Å². The van der Waals surface area contributed by atoms with Crippen LogP contribution in [0.2, 0.25) is 0 Å². The van der Waals surface area contributed by atoms with Gasteiger partial charge in [0.15, 0.2) is 0 Å². The van der Waals surface area contributed by atoms with Crippen molar-refractivity contribution in [2.75, 3.05) is 38.9 Å². The number of nitrogens with zero attached hydrogens (tertiary/aromatic N) is 2. The lowest BCUT2D eigenvalue weighted by Gasteiger charge is -2.34. The number of likely N-dealkylation sites (tertiary alicyclic amines) is 1. The third-order valence-electron chi connectivity index (χ3n) is 7.17. The average Bonchev–Trinajstić information content (AvgIpc) is 2.95. The smallest absolute Gasteiger partial charge is 0.0221 e. The Morgan fingerprint density at radius 1 is 1.03 bits per heavy atom. The van der Waals surface area contributed by atoms with Gasteiger partial charge in [-0.05, 0) is 106 Å². The lowest BCUT2D eigenvalue weighted by molar-refractivity contribution is 0.153. The molecule has 0 amide bonds. The van der Waals surface area contributed by atoms with Crippen molar-refractivity contribution in [3.63, 3.8) is 0 Å². The van der Waals surface area contributed by atoms with Gasteiger partial charge in [0.1, 0.15) is 0 Å². The predicted octanol–water partition coefficient (Wildman–Crippen LogP) is 7.66. The first-order valence-corrected chi connectivity index (χ1v) is 15.2. The molecule has 1 aliphatic rings. The summed E-state index contributed by atoms with van der Waals surface area (Å²) in [7, 11) is 2.95. The Hall–Kier alpha value is -2.45. The van der Waals surface area contributed by atoms with Crippen molar-refractivity contribution in [3.8, 4) is 0 Å². The maximum absolute atomic E-state index is 6.23. The standard InChI is InChI=1S/C30H44N3P.C3H6.C2H4/c1-3-33(19-8-14-29(24-34)23-32-17-9-18-32)25(2)30(22-31)21-28-13-7-12-27(20-28)16-15-26-10-5-4-6-11-26;1-3-2;1-2/h3-7,10-13,20,29H,1,8-9,14-19,21-24,31,34H2,2H3;3H,1H2,2H3;1-2H2/b30-25+;;. The molecule has 2 atom stereocenters. The molecule has 2 aromatic rings. The fourth-order valence-electron chi connectivity index (χ4n) is 4.79. The first-order chi connectivity index (χ1) is 19.0. The second kappa shape index (κ2) is 21.4. The lowest BCUT2D eigenvalue weighted by Crippen LogP contribution is -2.40. The number of hydrogen-bond donors (Lipinski definition) is 1. The van der Waals surface area contributed by atoms with Crippen molar-refractivity contribution in [2.24, 2.45) is 11.7 Å². The van der Waals surface area contributed by atoms with Gasteiger partial charge >= 0.3 is 0 Å². The molecule has 1 heterocycles. The van der Waals surface area contributed by atoms with E-state index in [9.17, 15) is 0 Å². The van der Waals surface area contributed by atoms with E-state index in [0.717, 1.165) is 31.7 Å². The maximum atomic E-state index is 6.23. The summed E-state index contributed by atoms with van der Waals surface area (Å²) in [5.74, 6) is 0.772. The minimum atomic E-state index is 0.577. The SMILES string of the molecule is C=C.C=CC.C=CN(CCCC(CP)CN1CCC1)/C(C)=C(/CN)Cc1cccc(CCc2ccccc2)c1. The molecule has 1 saturated heterocycles. The molecule has 0 saturated carbocycles. The number of nitrogens with two attached hydrogens (primary N) is 1. The summed E-state index contributed by atoms with van der Waals surface area (Å²) < 4.78 is 0. The van der Waals surface area contributed by atoms with Gasteiger partial charge in [0.25, 0.3) is 0 Å². The van der Waals surface area contributed by atoms with Crippen LogP contribution in [-0.2, 0) is 19.3 Å². The minimum Gasteiger partial charge on any atom is -0.352 e. The van der Waals surface area contributed by atoms with E-state index in [1.807, 2.05) is 13.1 Å². The Balaban J connectivity index is 0.00000142. The van der Waals surface area contributed by atoms with Crippen LogP contribution in [0.5, 0.6) is 0 Å². The molecule has 0 spiro atoms. The Morgan fingerprint density at radius 2 is 1.64 bits per heavy atom. The predicted molar refractivity (Wildman–Crippen MR) is 178 cm³/mol. The van der Waals surface area contributed by atoms with Crippen LogP contribution in [0.15, 0.2) is 104 Å². The largest absolute Gasteiger partial charge is 0.352 e. The van der Waals surface area contributed by atoms with E-state index < -0.39 is 0 Å². The molecule has 2 aromatic carbocycles. The summed E-state index contributed by atoms with van der Waals surface area (Å²) in [4.78, 5) is 4.90. The highest BCUT2D eigenvalue weighted by Crippen LogP contribution is 2.20. The number of hydrogen-bond acceptors (Lipinski definition) is 3. The van der Waals surface area contributed by atoms with Gasteiger partial charge in [-0.1, -0.05) is 67.3 Å². The van der Waals surface area contributed by atoms with Gasteiger partial charge in [-0.25, -0.2) is 0 Å². The molecule has 2 N–H and O–H groups in total. The van der Waals surface area contributed by atoms with E-state index in [2.05, 4.69) is 107 Å². The van der Waals surface area contributed by atoms with E-state index in [-0.39, 0.29) is 0 Å². The van der Waals surface area contributed by atoms with Gasteiger partial charge < -0.3 is 15.5 Å². The van der Waals surface area contributed by atoms with Gasteiger partial charge in [-0.15, -0.1) is 29.0 Å². The number of rotatable bonds is 15. The van der Waals surface area contributed by atoms with Crippen LogP contribution in [-0.4, -0.2) is 48.7 Å². The zero-order valence-electron chi connectivity index (χ0n) is 24.8. The molecule has 3 rings (SSSR count). The lowest BCUT2D eigenvalue weighted by atomic mass is 9.98. The van der Waals surface area contributed by atoms with Gasteiger partial charge in [0.2, 0.25) is 0 Å². The van der Waals surface area contributed by atoms with Gasteiger partial charge in [-0.2, -0.15) is 0 Å². The first-order valence-electron chi connectivity index (χ1n) is 14.4. The Kier molecular flexibility index (Phi) is 19.0. The molecule has 4 heteroatoms. The molecule has 0 aliphatic carbocycles. The van der Waals surface area contributed by atoms with E-state index in [1.165, 1.54) is 73.0 Å². The first kappa shape index (κ1) is 34.6. The number of aryl methyl sites for hydroxylation is 2. The molecule has 1 fully saturated rings. The summed E-state index contributed by atoms with van der Waals surface area (Å²) in [6.07, 6.45) is 11.8. The molecule has 39 heavy (non-hydrogen) atoms. The third-order valence-corrected chi connectivity index (χ3v) is 7.84. The molecule has 0 bridgehead atoms. The molecule has 1 aliphatic heterocycles. The van der Waals surface area contributed by atoms with Crippen molar-refractivity contribution >= 4 is 9.24 Å². The van der Waals surface area contributed by atoms with E-state index in [1.54, 1.807) is 6.08 Å². The van der Waals surface area contributed by atoms with Crippen LogP contribution in [0.3, 0.4) is 0 Å². The highest BCUT2D eigenvalue weighted by atomic mass is 31.0. The zero-order valence-corrected chi connectivity index (χ0v) is 25.9.